The summed E-state index contributed by atoms with van der Waals surface area (Å²) in [6, 6.07) is 6.69. The molecule has 126 valence electrons. The van der Waals surface area contributed by atoms with Crippen LogP contribution in [0.3, 0.4) is 0 Å². The summed E-state index contributed by atoms with van der Waals surface area (Å²) in [4.78, 5) is 24.6. The van der Waals surface area contributed by atoms with Gasteiger partial charge in [0.2, 0.25) is 5.91 Å². The number of rotatable bonds is 5. The van der Waals surface area contributed by atoms with Gasteiger partial charge in [-0.3, -0.25) is 9.69 Å². The van der Waals surface area contributed by atoms with Crippen LogP contribution in [0.25, 0.3) is 5.69 Å². The molecule has 1 amide bonds. The minimum Gasteiger partial charge on any atom is -0.478 e. The van der Waals surface area contributed by atoms with Crippen LogP contribution in [0, 0.1) is 0 Å². The summed E-state index contributed by atoms with van der Waals surface area (Å²) in [6.07, 6.45) is 2.88. The van der Waals surface area contributed by atoms with E-state index in [9.17, 15) is 14.7 Å². The van der Waals surface area contributed by atoms with Crippen molar-refractivity contribution >= 4 is 11.9 Å². The van der Waals surface area contributed by atoms with E-state index >= 15 is 0 Å². The zero-order valence-electron chi connectivity index (χ0n) is 13.0. The number of amides is 1. The van der Waals surface area contributed by atoms with Crippen LogP contribution in [0.5, 0.6) is 0 Å². The lowest BCUT2D eigenvalue weighted by Gasteiger charge is -2.30. The topological polar surface area (TPSA) is 111 Å². The molecular formula is C16H18N4O4. The highest BCUT2D eigenvalue weighted by atomic mass is 16.5. The number of carboxylic acids is 1. The van der Waals surface area contributed by atoms with Gasteiger partial charge in [0, 0.05) is 31.4 Å². The maximum absolute atomic E-state index is 11.3. The molecule has 1 fully saturated rings. The smallest absolute Gasteiger partial charge is 0.337 e. The second-order valence-corrected chi connectivity index (χ2v) is 5.61. The minimum absolute atomic E-state index is 0.187. The summed E-state index contributed by atoms with van der Waals surface area (Å²) in [5.74, 6) is -1.47. The lowest BCUT2D eigenvalue weighted by Crippen LogP contribution is -2.47. The van der Waals surface area contributed by atoms with E-state index in [-0.39, 0.29) is 5.56 Å². The van der Waals surface area contributed by atoms with Crippen LogP contribution >= 0.6 is 0 Å². The predicted molar refractivity (Wildman–Crippen MR) is 84.7 cm³/mol. The molecule has 1 aromatic carbocycles. The second kappa shape index (κ2) is 6.81. The number of carbonyl (C=O) groups excluding carboxylic acids is 1. The number of nitrogens with two attached hydrogens (primary N) is 1. The van der Waals surface area contributed by atoms with E-state index in [4.69, 9.17) is 10.5 Å². The molecule has 8 nitrogen and oxygen atoms in total. The summed E-state index contributed by atoms with van der Waals surface area (Å²) in [6.45, 7) is 2.17. The SMILES string of the molecule is NC(=O)[C@H]1CN(Cc2cnn(-c3ccccc3C(=O)O)c2)CCO1. The Morgan fingerprint density at radius 2 is 2.17 bits per heavy atom. The fourth-order valence-electron chi connectivity index (χ4n) is 2.70. The Morgan fingerprint density at radius 1 is 1.38 bits per heavy atom. The highest BCUT2D eigenvalue weighted by Crippen LogP contribution is 2.16. The molecule has 1 saturated heterocycles. The Bertz CT molecular complexity index is 758. The molecule has 0 aliphatic carbocycles. The average Bonchev–Trinajstić information content (AvgIpc) is 3.03. The lowest BCUT2D eigenvalue weighted by atomic mass is 10.2. The first-order valence-electron chi connectivity index (χ1n) is 7.54. The van der Waals surface area contributed by atoms with Crippen molar-refractivity contribution in [3.63, 3.8) is 0 Å². The number of benzene rings is 1. The van der Waals surface area contributed by atoms with Crippen LogP contribution in [-0.2, 0) is 16.1 Å². The quantitative estimate of drug-likeness (QED) is 0.813. The molecule has 0 bridgehead atoms. The number of carbonyl (C=O) groups is 2. The third kappa shape index (κ3) is 3.44. The van der Waals surface area contributed by atoms with Crippen LogP contribution in [0.2, 0.25) is 0 Å². The molecule has 0 saturated carbocycles. The van der Waals surface area contributed by atoms with Crippen LogP contribution < -0.4 is 5.73 Å². The molecule has 1 aromatic heterocycles. The zero-order valence-corrected chi connectivity index (χ0v) is 13.0. The summed E-state index contributed by atoms with van der Waals surface area (Å²) in [5, 5.41) is 13.5. The summed E-state index contributed by atoms with van der Waals surface area (Å²) < 4.78 is 6.87. The molecule has 0 unspecified atom stereocenters. The van der Waals surface area contributed by atoms with E-state index in [0.717, 1.165) is 5.56 Å². The Kier molecular flexibility index (Phi) is 4.59. The van der Waals surface area contributed by atoms with Crippen molar-refractivity contribution in [1.29, 1.82) is 0 Å². The molecule has 1 atom stereocenters. The fraction of sp³-hybridized carbons (Fsp3) is 0.312. The Balaban J connectivity index is 1.75. The van der Waals surface area contributed by atoms with E-state index in [0.29, 0.717) is 31.9 Å². The van der Waals surface area contributed by atoms with Gasteiger partial charge in [0.05, 0.1) is 24.1 Å². The number of morpholine rings is 1. The number of nitrogens with zero attached hydrogens (tertiary/aromatic N) is 3. The van der Waals surface area contributed by atoms with Crippen molar-refractivity contribution in [2.45, 2.75) is 12.6 Å². The Labute approximate surface area is 138 Å². The number of para-hydroxylation sites is 1. The molecule has 1 aliphatic heterocycles. The Morgan fingerprint density at radius 3 is 2.92 bits per heavy atom. The maximum atomic E-state index is 11.3. The van der Waals surface area contributed by atoms with E-state index in [1.807, 2.05) is 0 Å². The van der Waals surface area contributed by atoms with Gasteiger partial charge < -0.3 is 15.6 Å². The van der Waals surface area contributed by atoms with Crippen molar-refractivity contribution in [3.8, 4) is 5.69 Å². The number of aromatic carboxylic acids is 1. The van der Waals surface area contributed by atoms with Gasteiger partial charge in [-0.1, -0.05) is 12.1 Å². The van der Waals surface area contributed by atoms with Gasteiger partial charge in [0.1, 0.15) is 6.10 Å². The monoisotopic (exact) mass is 330 g/mol. The lowest BCUT2D eigenvalue weighted by molar-refractivity contribution is -0.135. The number of ether oxygens (including phenoxy) is 1. The molecule has 2 heterocycles. The van der Waals surface area contributed by atoms with Crippen molar-refractivity contribution in [1.82, 2.24) is 14.7 Å². The molecule has 3 N–H and O–H groups in total. The van der Waals surface area contributed by atoms with Crippen molar-refractivity contribution < 1.29 is 19.4 Å². The van der Waals surface area contributed by atoms with Gasteiger partial charge in [-0.15, -0.1) is 0 Å². The van der Waals surface area contributed by atoms with Crippen LogP contribution in [0.15, 0.2) is 36.7 Å². The van der Waals surface area contributed by atoms with E-state index in [1.165, 1.54) is 0 Å². The number of aromatic nitrogens is 2. The van der Waals surface area contributed by atoms with Gasteiger partial charge >= 0.3 is 5.97 Å². The van der Waals surface area contributed by atoms with E-state index < -0.39 is 18.0 Å². The Hall–Kier alpha value is -2.71. The van der Waals surface area contributed by atoms with Crippen molar-refractivity contribution in [3.05, 3.63) is 47.8 Å². The molecule has 0 spiro atoms. The zero-order chi connectivity index (χ0) is 17.1. The maximum Gasteiger partial charge on any atom is 0.337 e. The van der Waals surface area contributed by atoms with Crippen LogP contribution in [-0.4, -0.2) is 57.5 Å². The van der Waals surface area contributed by atoms with Gasteiger partial charge in [0.25, 0.3) is 0 Å². The summed E-state index contributed by atoms with van der Waals surface area (Å²) in [5.41, 5.74) is 6.90. The number of primary amides is 1. The second-order valence-electron chi connectivity index (χ2n) is 5.61. The number of carboxylic acid groups (broad SMARTS) is 1. The number of hydrogen-bond acceptors (Lipinski definition) is 5. The third-order valence-electron chi connectivity index (χ3n) is 3.89. The van der Waals surface area contributed by atoms with E-state index in [2.05, 4.69) is 10.00 Å². The highest BCUT2D eigenvalue weighted by Gasteiger charge is 2.25. The van der Waals surface area contributed by atoms with Gasteiger partial charge in [0.15, 0.2) is 0 Å². The normalized spacial score (nSPS) is 18.4. The molecule has 24 heavy (non-hydrogen) atoms. The van der Waals surface area contributed by atoms with Gasteiger partial charge in [-0.05, 0) is 12.1 Å². The first-order chi connectivity index (χ1) is 11.5. The van der Waals surface area contributed by atoms with Crippen molar-refractivity contribution in [2.75, 3.05) is 19.7 Å². The fourth-order valence-corrected chi connectivity index (χ4v) is 2.70. The summed E-state index contributed by atoms with van der Waals surface area (Å²) >= 11 is 0. The summed E-state index contributed by atoms with van der Waals surface area (Å²) in [7, 11) is 0. The molecule has 2 aromatic rings. The number of hydrogen-bond donors (Lipinski definition) is 2. The predicted octanol–water partition coefficient (Wildman–Crippen LogP) is 0.257. The van der Waals surface area contributed by atoms with E-state index in [1.54, 1.807) is 41.3 Å². The highest BCUT2D eigenvalue weighted by molar-refractivity contribution is 5.91. The van der Waals surface area contributed by atoms with Gasteiger partial charge in [-0.25, -0.2) is 9.48 Å². The first kappa shape index (κ1) is 16.2. The average molecular weight is 330 g/mol. The first-order valence-corrected chi connectivity index (χ1v) is 7.54. The van der Waals surface area contributed by atoms with Crippen molar-refractivity contribution in [2.24, 2.45) is 5.73 Å². The minimum atomic E-state index is -1.000. The molecular weight excluding hydrogens is 312 g/mol. The largest absolute Gasteiger partial charge is 0.478 e. The van der Waals surface area contributed by atoms with Crippen LogP contribution in [0.1, 0.15) is 15.9 Å². The molecule has 0 radical (unpaired) electrons. The molecule has 8 heteroatoms. The molecule has 1 aliphatic rings. The van der Waals surface area contributed by atoms with Gasteiger partial charge in [-0.2, -0.15) is 5.10 Å². The third-order valence-corrected chi connectivity index (χ3v) is 3.89. The molecule has 3 rings (SSSR count). The standard InChI is InChI=1S/C16H18N4O4/c17-15(21)14-10-19(5-6-24-14)8-11-7-18-20(9-11)13-4-2-1-3-12(13)16(22)23/h1-4,7,9,14H,5-6,8,10H2,(H2,17,21)(H,22,23)/t14-/m1/s1. The van der Waals surface area contributed by atoms with Crippen LogP contribution in [0.4, 0.5) is 0 Å².